The first-order valence-electron chi connectivity index (χ1n) is 5.23. The Morgan fingerprint density at radius 2 is 2.20 bits per heavy atom. The molecule has 1 aliphatic rings. The predicted molar refractivity (Wildman–Crippen MR) is 58.1 cm³/mol. The van der Waals surface area contributed by atoms with Crippen molar-refractivity contribution in [1.29, 1.82) is 5.41 Å². The van der Waals surface area contributed by atoms with Crippen LogP contribution in [0.25, 0.3) is 0 Å². The van der Waals surface area contributed by atoms with Crippen LogP contribution in [0.4, 0.5) is 0 Å². The lowest BCUT2D eigenvalue weighted by molar-refractivity contribution is 0.209. The lowest BCUT2D eigenvalue weighted by atomic mass is 10.2. The van der Waals surface area contributed by atoms with Crippen LogP contribution in [0.2, 0.25) is 0 Å². The van der Waals surface area contributed by atoms with Gasteiger partial charge in [0.15, 0.2) is 0 Å². The normalized spacial score (nSPS) is 16.5. The van der Waals surface area contributed by atoms with Crippen molar-refractivity contribution in [3.63, 3.8) is 0 Å². The molecule has 4 heteroatoms. The minimum absolute atomic E-state index is 0.0383. The minimum Gasteiger partial charge on any atom is -0.488 e. The monoisotopic (exact) mass is 205 g/mol. The molecule has 1 saturated carbocycles. The Labute approximate surface area is 89.0 Å². The lowest BCUT2D eigenvalue weighted by Crippen LogP contribution is -2.18. The molecular formula is C11H15N3O. The number of aromatic nitrogens is 1. The summed E-state index contributed by atoms with van der Waals surface area (Å²) in [5, 5.41) is 7.39. The Bertz CT molecular complexity index is 359. The highest BCUT2D eigenvalue weighted by molar-refractivity contribution is 5.95. The van der Waals surface area contributed by atoms with Crippen molar-refractivity contribution < 1.29 is 4.74 Å². The number of hydrogen-bond donors (Lipinski definition) is 2. The Hall–Kier alpha value is -1.58. The number of nitrogens with zero attached hydrogens (tertiary/aromatic N) is 1. The van der Waals surface area contributed by atoms with Gasteiger partial charge in [0.25, 0.3) is 0 Å². The molecule has 1 aromatic rings. The standard InChI is InChI=1S/C11H15N3O/c12-11(13)10-9(6-3-7-14-10)15-8-4-1-2-5-8/h3,6-8H,1-2,4-5H2,(H3,12,13). The van der Waals surface area contributed by atoms with Crippen LogP contribution in [-0.4, -0.2) is 16.9 Å². The van der Waals surface area contributed by atoms with E-state index >= 15 is 0 Å². The van der Waals surface area contributed by atoms with Crippen LogP contribution < -0.4 is 10.5 Å². The summed E-state index contributed by atoms with van der Waals surface area (Å²) < 4.78 is 5.78. The smallest absolute Gasteiger partial charge is 0.149 e. The van der Waals surface area contributed by atoms with Gasteiger partial charge in [-0.1, -0.05) is 0 Å². The maximum absolute atomic E-state index is 7.39. The minimum atomic E-state index is -0.0383. The molecule has 1 fully saturated rings. The van der Waals surface area contributed by atoms with Gasteiger partial charge in [0.1, 0.15) is 17.3 Å². The van der Waals surface area contributed by atoms with E-state index in [-0.39, 0.29) is 11.9 Å². The first-order chi connectivity index (χ1) is 7.27. The van der Waals surface area contributed by atoms with Gasteiger partial charge in [0.2, 0.25) is 0 Å². The Kier molecular flexibility index (Phi) is 2.85. The van der Waals surface area contributed by atoms with Crippen LogP contribution in [0.1, 0.15) is 31.4 Å². The largest absolute Gasteiger partial charge is 0.488 e. The van der Waals surface area contributed by atoms with E-state index in [9.17, 15) is 0 Å². The molecule has 0 unspecified atom stereocenters. The summed E-state index contributed by atoms with van der Waals surface area (Å²) in [6.07, 6.45) is 6.52. The second-order valence-electron chi connectivity index (χ2n) is 3.79. The van der Waals surface area contributed by atoms with Gasteiger partial charge in [0.05, 0.1) is 6.10 Å². The van der Waals surface area contributed by atoms with Gasteiger partial charge >= 0.3 is 0 Å². The van der Waals surface area contributed by atoms with E-state index in [1.54, 1.807) is 12.3 Å². The maximum Gasteiger partial charge on any atom is 0.149 e. The van der Waals surface area contributed by atoms with Crippen molar-refractivity contribution in [2.24, 2.45) is 5.73 Å². The van der Waals surface area contributed by atoms with Crippen LogP contribution >= 0.6 is 0 Å². The molecule has 1 heterocycles. The molecule has 0 aliphatic heterocycles. The summed E-state index contributed by atoms with van der Waals surface area (Å²) in [5.74, 6) is 0.598. The highest BCUT2D eigenvalue weighted by Crippen LogP contribution is 2.25. The fourth-order valence-electron chi connectivity index (χ4n) is 1.87. The van der Waals surface area contributed by atoms with Crippen LogP contribution in [0.15, 0.2) is 18.3 Å². The van der Waals surface area contributed by atoms with Gasteiger partial charge in [-0.3, -0.25) is 5.41 Å². The Balaban J connectivity index is 2.15. The van der Waals surface area contributed by atoms with Crippen molar-refractivity contribution in [3.05, 3.63) is 24.0 Å². The quantitative estimate of drug-likeness (QED) is 0.582. The highest BCUT2D eigenvalue weighted by Gasteiger charge is 2.18. The van der Waals surface area contributed by atoms with Crippen molar-refractivity contribution in [1.82, 2.24) is 4.98 Å². The van der Waals surface area contributed by atoms with E-state index in [1.165, 1.54) is 12.8 Å². The number of nitrogens with two attached hydrogens (primary N) is 1. The summed E-state index contributed by atoms with van der Waals surface area (Å²) in [4.78, 5) is 4.05. The van der Waals surface area contributed by atoms with Crippen LogP contribution in [0, 0.1) is 5.41 Å². The van der Waals surface area contributed by atoms with E-state index in [0.29, 0.717) is 11.4 Å². The van der Waals surface area contributed by atoms with Gasteiger partial charge in [-0.25, -0.2) is 4.98 Å². The van der Waals surface area contributed by atoms with Gasteiger partial charge < -0.3 is 10.5 Å². The predicted octanol–water partition coefficient (Wildman–Crippen LogP) is 1.69. The van der Waals surface area contributed by atoms with Crippen molar-refractivity contribution in [2.45, 2.75) is 31.8 Å². The topological polar surface area (TPSA) is 72.0 Å². The van der Waals surface area contributed by atoms with Crippen molar-refractivity contribution in [2.75, 3.05) is 0 Å². The lowest BCUT2D eigenvalue weighted by Gasteiger charge is -2.14. The molecule has 0 aromatic carbocycles. The SMILES string of the molecule is N=C(N)c1ncccc1OC1CCCC1. The van der Waals surface area contributed by atoms with Gasteiger partial charge in [-0.15, -0.1) is 0 Å². The number of hydrogen-bond acceptors (Lipinski definition) is 3. The van der Waals surface area contributed by atoms with Gasteiger partial charge in [-0.05, 0) is 37.8 Å². The molecule has 3 N–H and O–H groups in total. The summed E-state index contributed by atoms with van der Waals surface area (Å²) in [6, 6.07) is 3.62. The van der Waals surface area contributed by atoms with E-state index in [2.05, 4.69) is 4.98 Å². The van der Waals surface area contributed by atoms with Gasteiger partial charge in [-0.2, -0.15) is 0 Å². The summed E-state index contributed by atoms with van der Waals surface area (Å²) in [5.41, 5.74) is 5.88. The third-order valence-electron chi connectivity index (χ3n) is 2.62. The average Bonchev–Trinajstić information content (AvgIpc) is 2.71. The molecule has 4 nitrogen and oxygen atoms in total. The molecule has 2 rings (SSSR count). The molecule has 1 aliphatic carbocycles. The molecule has 0 atom stereocenters. The number of nitrogens with one attached hydrogen (secondary N) is 1. The number of amidine groups is 1. The maximum atomic E-state index is 7.39. The zero-order valence-corrected chi connectivity index (χ0v) is 8.57. The van der Waals surface area contributed by atoms with E-state index in [1.807, 2.05) is 6.07 Å². The molecule has 0 spiro atoms. The second-order valence-corrected chi connectivity index (χ2v) is 3.79. The summed E-state index contributed by atoms with van der Waals surface area (Å²) in [7, 11) is 0. The van der Waals surface area contributed by atoms with Gasteiger partial charge in [0, 0.05) is 6.20 Å². The third kappa shape index (κ3) is 2.26. The molecular weight excluding hydrogens is 190 g/mol. The summed E-state index contributed by atoms with van der Waals surface area (Å²) >= 11 is 0. The summed E-state index contributed by atoms with van der Waals surface area (Å²) in [6.45, 7) is 0. The molecule has 1 aromatic heterocycles. The number of rotatable bonds is 3. The van der Waals surface area contributed by atoms with E-state index in [4.69, 9.17) is 15.9 Å². The van der Waals surface area contributed by atoms with Crippen molar-refractivity contribution >= 4 is 5.84 Å². The Morgan fingerprint density at radius 1 is 1.47 bits per heavy atom. The van der Waals surface area contributed by atoms with Crippen LogP contribution in [-0.2, 0) is 0 Å². The highest BCUT2D eigenvalue weighted by atomic mass is 16.5. The second kappa shape index (κ2) is 4.29. The zero-order valence-electron chi connectivity index (χ0n) is 8.57. The number of ether oxygens (including phenoxy) is 1. The molecule has 0 amide bonds. The molecule has 0 saturated heterocycles. The van der Waals surface area contributed by atoms with Crippen molar-refractivity contribution in [3.8, 4) is 5.75 Å². The zero-order chi connectivity index (χ0) is 10.7. The third-order valence-corrected chi connectivity index (χ3v) is 2.62. The first-order valence-corrected chi connectivity index (χ1v) is 5.23. The number of nitrogen functional groups attached to an aromatic ring is 1. The molecule has 0 radical (unpaired) electrons. The molecule has 15 heavy (non-hydrogen) atoms. The van der Waals surface area contributed by atoms with Crippen LogP contribution in [0.5, 0.6) is 5.75 Å². The molecule has 0 bridgehead atoms. The van der Waals surface area contributed by atoms with E-state index < -0.39 is 0 Å². The average molecular weight is 205 g/mol. The number of pyridine rings is 1. The fourth-order valence-corrected chi connectivity index (χ4v) is 1.87. The van der Waals surface area contributed by atoms with Crippen LogP contribution in [0.3, 0.4) is 0 Å². The fraction of sp³-hybridized carbons (Fsp3) is 0.455. The first kappa shape index (κ1) is 9.96. The molecule has 80 valence electrons. The van der Waals surface area contributed by atoms with E-state index in [0.717, 1.165) is 12.8 Å². The Morgan fingerprint density at radius 3 is 2.87 bits per heavy atom.